The van der Waals surface area contributed by atoms with Crippen LogP contribution in [0.1, 0.15) is 24.2 Å². The minimum atomic E-state index is 0. The molecule has 0 saturated carbocycles. The minimum absolute atomic E-state index is 0. The number of aromatic nitrogens is 1. The molecule has 0 amide bonds. The number of pyridine rings is 1. The highest BCUT2D eigenvalue weighted by Gasteiger charge is 2.16. The molecule has 0 atom stereocenters. The van der Waals surface area contributed by atoms with Gasteiger partial charge in [-0.2, -0.15) is 0 Å². The van der Waals surface area contributed by atoms with Crippen molar-refractivity contribution in [2.75, 3.05) is 13.1 Å². The summed E-state index contributed by atoms with van der Waals surface area (Å²) in [6, 6.07) is 6.62. The highest BCUT2D eigenvalue weighted by atomic mass is 35.5. The highest BCUT2D eigenvalue weighted by Crippen LogP contribution is 2.11. The molecule has 6 heteroatoms. The summed E-state index contributed by atoms with van der Waals surface area (Å²) >= 11 is 0. The second-order valence-electron chi connectivity index (χ2n) is 4.38. The molecule has 0 aromatic carbocycles. The van der Waals surface area contributed by atoms with E-state index in [1.807, 2.05) is 13.0 Å². The molecule has 1 aliphatic rings. The van der Waals surface area contributed by atoms with Crippen LogP contribution in [0.5, 0.6) is 0 Å². The van der Waals surface area contributed by atoms with E-state index in [2.05, 4.69) is 22.0 Å². The molecule has 1 aromatic heterocycles. The zero-order valence-corrected chi connectivity index (χ0v) is 13.0. The molecule has 0 aliphatic carbocycles. The van der Waals surface area contributed by atoms with Gasteiger partial charge in [0, 0.05) is 31.4 Å². The van der Waals surface area contributed by atoms with Gasteiger partial charge in [0.05, 0.1) is 5.69 Å². The van der Waals surface area contributed by atoms with E-state index in [0.717, 1.165) is 38.2 Å². The lowest BCUT2D eigenvalue weighted by Gasteiger charge is -2.29. The Kier molecular flexibility index (Phi) is 11.0. The Balaban J connectivity index is 0. The smallest absolute Gasteiger partial charge is 0.0547 e. The molecule has 0 unspecified atom stereocenters. The maximum Gasteiger partial charge on any atom is 0.0547 e. The van der Waals surface area contributed by atoms with E-state index in [0.29, 0.717) is 6.04 Å². The number of hydrogen-bond donors (Lipinski definition) is 1. The standard InChI is InChI=1S/C12H19N3.3ClH/c1-10-3-2-4-12(14-10)9-15-7-5-11(13)6-8-15;;;/h2-4,11H,5-9,13H2,1H3;3*1H. The number of hydrogen-bond acceptors (Lipinski definition) is 3. The van der Waals surface area contributed by atoms with Crippen LogP contribution in [0.4, 0.5) is 0 Å². The largest absolute Gasteiger partial charge is 0.328 e. The number of nitrogens with zero attached hydrogens (tertiary/aromatic N) is 2. The fraction of sp³-hybridized carbons (Fsp3) is 0.583. The zero-order chi connectivity index (χ0) is 10.7. The lowest BCUT2D eigenvalue weighted by Crippen LogP contribution is -2.39. The third-order valence-corrected chi connectivity index (χ3v) is 2.96. The van der Waals surface area contributed by atoms with Crippen LogP contribution in [0.2, 0.25) is 0 Å². The summed E-state index contributed by atoms with van der Waals surface area (Å²) in [5.41, 5.74) is 8.14. The van der Waals surface area contributed by atoms with Gasteiger partial charge in [-0.25, -0.2) is 0 Å². The van der Waals surface area contributed by atoms with Crippen LogP contribution < -0.4 is 5.73 Å². The summed E-state index contributed by atoms with van der Waals surface area (Å²) in [7, 11) is 0. The van der Waals surface area contributed by atoms with E-state index in [-0.39, 0.29) is 37.2 Å². The van der Waals surface area contributed by atoms with Crippen LogP contribution in [0.3, 0.4) is 0 Å². The van der Waals surface area contributed by atoms with Crippen LogP contribution in [-0.2, 0) is 6.54 Å². The second kappa shape index (κ2) is 9.82. The van der Waals surface area contributed by atoms with Gasteiger partial charge in [0.15, 0.2) is 0 Å². The van der Waals surface area contributed by atoms with Gasteiger partial charge in [-0.3, -0.25) is 9.88 Å². The van der Waals surface area contributed by atoms with Gasteiger partial charge in [-0.1, -0.05) is 6.07 Å². The van der Waals surface area contributed by atoms with Crippen LogP contribution in [0, 0.1) is 6.92 Å². The van der Waals surface area contributed by atoms with Crippen molar-refractivity contribution in [3.8, 4) is 0 Å². The molecule has 1 aromatic rings. The molecule has 3 nitrogen and oxygen atoms in total. The Morgan fingerprint density at radius 3 is 2.39 bits per heavy atom. The maximum absolute atomic E-state index is 5.87. The van der Waals surface area contributed by atoms with E-state index in [9.17, 15) is 0 Å². The Bertz CT molecular complexity index is 328. The van der Waals surface area contributed by atoms with E-state index in [1.165, 1.54) is 5.69 Å². The quantitative estimate of drug-likeness (QED) is 0.912. The number of rotatable bonds is 2. The van der Waals surface area contributed by atoms with Crippen molar-refractivity contribution in [2.45, 2.75) is 32.4 Å². The summed E-state index contributed by atoms with van der Waals surface area (Å²) in [6.45, 7) is 5.22. The third-order valence-electron chi connectivity index (χ3n) is 2.96. The zero-order valence-electron chi connectivity index (χ0n) is 10.5. The summed E-state index contributed by atoms with van der Waals surface area (Å²) in [4.78, 5) is 6.95. The number of aryl methyl sites for hydroxylation is 1. The van der Waals surface area contributed by atoms with Crippen molar-refractivity contribution in [3.05, 3.63) is 29.6 Å². The molecule has 1 aliphatic heterocycles. The first-order chi connectivity index (χ1) is 7.24. The number of nitrogens with two attached hydrogens (primary N) is 1. The van der Waals surface area contributed by atoms with Crippen molar-refractivity contribution < 1.29 is 0 Å². The molecule has 18 heavy (non-hydrogen) atoms. The van der Waals surface area contributed by atoms with Crippen LogP contribution in [-0.4, -0.2) is 29.0 Å². The monoisotopic (exact) mass is 313 g/mol. The average molecular weight is 315 g/mol. The van der Waals surface area contributed by atoms with Gasteiger partial charge in [0.25, 0.3) is 0 Å². The highest BCUT2D eigenvalue weighted by molar-refractivity contribution is 5.86. The van der Waals surface area contributed by atoms with E-state index in [4.69, 9.17) is 5.73 Å². The molecule has 2 N–H and O–H groups in total. The summed E-state index contributed by atoms with van der Waals surface area (Å²) in [5, 5.41) is 0. The summed E-state index contributed by atoms with van der Waals surface area (Å²) in [6.07, 6.45) is 2.23. The fourth-order valence-electron chi connectivity index (χ4n) is 2.03. The van der Waals surface area contributed by atoms with Crippen LogP contribution >= 0.6 is 37.2 Å². The lowest BCUT2D eigenvalue weighted by atomic mass is 10.1. The first-order valence-corrected chi connectivity index (χ1v) is 5.64. The molecular formula is C12H22Cl3N3. The molecule has 0 spiro atoms. The minimum Gasteiger partial charge on any atom is -0.328 e. The maximum atomic E-state index is 5.87. The Morgan fingerprint density at radius 1 is 1.22 bits per heavy atom. The van der Waals surface area contributed by atoms with Gasteiger partial charge in [-0.05, 0) is 31.9 Å². The lowest BCUT2D eigenvalue weighted by molar-refractivity contribution is 0.203. The number of halogens is 3. The molecule has 106 valence electrons. The topological polar surface area (TPSA) is 42.1 Å². The van der Waals surface area contributed by atoms with Gasteiger partial charge >= 0.3 is 0 Å². The first kappa shape index (κ1) is 20.3. The predicted octanol–water partition coefficient (Wildman–Crippen LogP) is 2.58. The average Bonchev–Trinajstić information content (AvgIpc) is 2.22. The van der Waals surface area contributed by atoms with Gasteiger partial charge in [0.1, 0.15) is 0 Å². The summed E-state index contributed by atoms with van der Waals surface area (Å²) in [5.74, 6) is 0. The van der Waals surface area contributed by atoms with Crippen LogP contribution in [0.15, 0.2) is 18.2 Å². The molecule has 2 rings (SSSR count). The fourth-order valence-corrected chi connectivity index (χ4v) is 2.03. The molecule has 2 heterocycles. The molecule has 1 saturated heterocycles. The van der Waals surface area contributed by atoms with E-state index < -0.39 is 0 Å². The van der Waals surface area contributed by atoms with Crippen molar-refractivity contribution in [2.24, 2.45) is 5.73 Å². The SMILES string of the molecule is Cc1cccc(CN2CCC(N)CC2)n1.Cl.Cl.Cl. The van der Waals surface area contributed by atoms with Gasteiger partial charge in [0.2, 0.25) is 0 Å². The Morgan fingerprint density at radius 2 is 1.83 bits per heavy atom. The predicted molar refractivity (Wildman–Crippen MR) is 83.2 cm³/mol. The van der Waals surface area contributed by atoms with Gasteiger partial charge in [-0.15, -0.1) is 37.2 Å². The van der Waals surface area contributed by atoms with Crippen molar-refractivity contribution in [1.29, 1.82) is 0 Å². The molecule has 0 radical (unpaired) electrons. The van der Waals surface area contributed by atoms with Crippen molar-refractivity contribution in [1.82, 2.24) is 9.88 Å². The molecular weight excluding hydrogens is 293 g/mol. The molecule has 0 bridgehead atoms. The van der Waals surface area contributed by atoms with E-state index in [1.54, 1.807) is 0 Å². The number of likely N-dealkylation sites (tertiary alicyclic amines) is 1. The van der Waals surface area contributed by atoms with E-state index >= 15 is 0 Å². The van der Waals surface area contributed by atoms with Crippen LogP contribution in [0.25, 0.3) is 0 Å². The Labute approximate surface area is 128 Å². The number of piperidine rings is 1. The summed E-state index contributed by atoms with van der Waals surface area (Å²) < 4.78 is 0. The van der Waals surface area contributed by atoms with Crippen molar-refractivity contribution >= 4 is 37.2 Å². The normalized spacial score (nSPS) is 16.1. The third kappa shape index (κ3) is 6.21. The molecule has 1 fully saturated rings. The Hall–Kier alpha value is -0.0600. The second-order valence-corrected chi connectivity index (χ2v) is 4.38. The van der Waals surface area contributed by atoms with Gasteiger partial charge < -0.3 is 5.73 Å². The van der Waals surface area contributed by atoms with Crippen molar-refractivity contribution in [3.63, 3.8) is 0 Å². The first-order valence-electron chi connectivity index (χ1n) is 5.64.